The van der Waals surface area contributed by atoms with Crippen molar-refractivity contribution < 1.29 is 9.18 Å². The third-order valence-corrected chi connectivity index (χ3v) is 3.20. The van der Waals surface area contributed by atoms with Crippen LogP contribution in [-0.2, 0) is 4.79 Å². The minimum absolute atomic E-state index is 0.122. The van der Waals surface area contributed by atoms with Crippen LogP contribution in [0.2, 0.25) is 0 Å². The lowest BCUT2D eigenvalue weighted by atomic mass is 10.2. The Labute approximate surface area is 114 Å². The predicted octanol–water partition coefficient (Wildman–Crippen LogP) is 0.492. The molecule has 8 heteroatoms. The Morgan fingerprint density at radius 3 is 3.10 bits per heavy atom. The van der Waals surface area contributed by atoms with E-state index >= 15 is 0 Å². The van der Waals surface area contributed by atoms with Crippen molar-refractivity contribution in [2.24, 2.45) is 0 Å². The molecule has 1 aliphatic rings. The van der Waals surface area contributed by atoms with Crippen molar-refractivity contribution in [3.8, 4) is 5.69 Å². The van der Waals surface area contributed by atoms with E-state index in [1.165, 1.54) is 29.2 Å². The van der Waals surface area contributed by atoms with Crippen LogP contribution in [0.15, 0.2) is 24.5 Å². The molecule has 1 aliphatic heterocycles. The number of rotatable bonds is 3. The normalized spacial score (nSPS) is 18.1. The van der Waals surface area contributed by atoms with E-state index in [-0.39, 0.29) is 17.6 Å². The van der Waals surface area contributed by atoms with Crippen molar-refractivity contribution >= 4 is 11.6 Å². The average molecular weight is 276 g/mol. The molecule has 20 heavy (non-hydrogen) atoms. The Bertz CT molecular complexity index is 608. The molecule has 1 aromatic carbocycles. The largest absolute Gasteiger partial charge is 0.322 e. The van der Waals surface area contributed by atoms with Crippen molar-refractivity contribution in [2.75, 3.05) is 11.9 Å². The molecule has 2 aromatic rings. The van der Waals surface area contributed by atoms with E-state index in [0.717, 1.165) is 19.4 Å². The standard InChI is InChI=1S/C12H13FN6O/c13-9-4-3-8(19-7-15-17-18-19)6-11(9)16-12(20)10-2-1-5-14-10/h3-4,6-7,10,14H,1-2,5H2,(H,16,20)/t10-/m0/s1. The SMILES string of the molecule is O=C(Nc1cc(-n2cnnn2)ccc1F)[C@@H]1CCCN1. The fourth-order valence-electron chi connectivity index (χ4n) is 2.16. The van der Waals surface area contributed by atoms with E-state index in [0.29, 0.717) is 5.69 Å². The van der Waals surface area contributed by atoms with E-state index < -0.39 is 5.82 Å². The molecule has 2 N–H and O–H groups in total. The summed E-state index contributed by atoms with van der Waals surface area (Å²) in [6, 6.07) is 4.05. The maximum absolute atomic E-state index is 13.8. The maximum Gasteiger partial charge on any atom is 0.241 e. The fraction of sp³-hybridized carbons (Fsp3) is 0.333. The topological polar surface area (TPSA) is 84.7 Å². The molecule has 0 aliphatic carbocycles. The number of aromatic nitrogens is 4. The number of benzene rings is 1. The van der Waals surface area contributed by atoms with E-state index in [1.54, 1.807) is 0 Å². The van der Waals surface area contributed by atoms with Gasteiger partial charge in [-0.15, -0.1) is 5.10 Å². The summed E-state index contributed by atoms with van der Waals surface area (Å²) in [6.07, 6.45) is 3.11. The molecule has 0 radical (unpaired) electrons. The highest BCUT2D eigenvalue weighted by atomic mass is 19.1. The molecule has 0 bridgehead atoms. The second-order valence-corrected chi connectivity index (χ2v) is 4.56. The molecule has 1 fully saturated rings. The molecule has 1 aromatic heterocycles. The van der Waals surface area contributed by atoms with Gasteiger partial charge in [0.05, 0.1) is 17.4 Å². The van der Waals surface area contributed by atoms with Crippen LogP contribution in [-0.4, -0.2) is 38.7 Å². The van der Waals surface area contributed by atoms with E-state index in [4.69, 9.17) is 0 Å². The minimum atomic E-state index is -0.492. The number of anilines is 1. The third-order valence-electron chi connectivity index (χ3n) is 3.20. The first-order valence-electron chi connectivity index (χ1n) is 6.31. The maximum atomic E-state index is 13.8. The van der Waals surface area contributed by atoms with Crippen LogP contribution in [0.1, 0.15) is 12.8 Å². The zero-order valence-electron chi connectivity index (χ0n) is 10.6. The fourth-order valence-corrected chi connectivity index (χ4v) is 2.16. The minimum Gasteiger partial charge on any atom is -0.322 e. The van der Waals surface area contributed by atoms with Gasteiger partial charge in [-0.25, -0.2) is 9.07 Å². The first-order valence-corrected chi connectivity index (χ1v) is 6.31. The molecule has 1 atom stereocenters. The number of carbonyl (C=O) groups excluding carboxylic acids is 1. The zero-order chi connectivity index (χ0) is 13.9. The van der Waals surface area contributed by atoms with Crippen molar-refractivity contribution in [3.05, 3.63) is 30.3 Å². The van der Waals surface area contributed by atoms with Gasteiger partial charge in [0.1, 0.15) is 12.1 Å². The number of halogens is 1. The van der Waals surface area contributed by atoms with Crippen LogP contribution in [0.4, 0.5) is 10.1 Å². The monoisotopic (exact) mass is 276 g/mol. The Hall–Kier alpha value is -2.35. The molecule has 104 valence electrons. The lowest BCUT2D eigenvalue weighted by Crippen LogP contribution is -2.35. The number of nitrogens with one attached hydrogen (secondary N) is 2. The highest BCUT2D eigenvalue weighted by Gasteiger charge is 2.22. The molecule has 0 spiro atoms. The highest BCUT2D eigenvalue weighted by molar-refractivity contribution is 5.95. The van der Waals surface area contributed by atoms with Gasteiger partial charge in [0.2, 0.25) is 5.91 Å². The Balaban J connectivity index is 1.81. The second-order valence-electron chi connectivity index (χ2n) is 4.56. The van der Waals surface area contributed by atoms with Gasteiger partial charge in [0.25, 0.3) is 0 Å². The van der Waals surface area contributed by atoms with Gasteiger partial charge >= 0.3 is 0 Å². The molecule has 0 saturated carbocycles. The van der Waals surface area contributed by atoms with Crippen LogP contribution in [0, 0.1) is 5.82 Å². The quantitative estimate of drug-likeness (QED) is 0.852. The number of carbonyl (C=O) groups is 1. The van der Waals surface area contributed by atoms with Crippen LogP contribution < -0.4 is 10.6 Å². The van der Waals surface area contributed by atoms with Crippen molar-refractivity contribution in [1.29, 1.82) is 0 Å². The lowest BCUT2D eigenvalue weighted by Gasteiger charge is -2.12. The molecule has 3 rings (SSSR count). The molecule has 0 unspecified atom stereocenters. The Kier molecular flexibility index (Phi) is 3.38. The van der Waals surface area contributed by atoms with E-state index in [2.05, 4.69) is 26.2 Å². The van der Waals surface area contributed by atoms with Crippen molar-refractivity contribution in [1.82, 2.24) is 25.5 Å². The van der Waals surface area contributed by atoms with Gasteiger partial charge in [-0.2, -0.15) is 0 Å². The second kappa shape index (κ2) is 5.33. The summed E-state index contributed by atoms with van der Waals surface area (Å²) >= 11 is 0. The van der Waals surface area contributed by atoms with Crippen molar-refractivity contribution in [3.63, 3.8) is 0 Å². The number of hydrogen-bond donors (Lipinski definition) is 2. The first-order chi connectivity index (χ1) is 9.74. The van der Waals surface area contributed by atoms with Gasteiger partial charge in [0, 0.05) is 0 Å². The van der Waals surface area contributed by atoms with Crippen LogP contribution in [0.25, 0.3) is 5.69 Å². The van der Waals surface area contributed by atoms with Gasteiger partial charge in [-0.3, -0.25) is 4.79 Å². The average Bonchev–Trinajstić information content (AvgIpc) is 3.14. The van der Waals surface area contributed by atoms with Gasteiger partial charge < -0.3 is 10.6 Å². The summed E-state index contributed by atoms with van der Waals surface area (Å²) < 4.78 is 15.2. The van der Waals surface area contributed by atoms with Gasteiger partial charge in [-0.05, 0) is 48.0 Å². The number of amides is 1. The number of tetrazole rings is 1. The van der Waals surface area contributed by atoms with Gasteiger partial charge in [-0.1, -0.05) is 0 Å². The first kappa shape index (κ1) is 12.7. The Morgan fingerprint density at radius 2 is 2.40 bits per heavy atom. The summed E-state index contributed by atoms with van der Waals surface area (Å²) in [5.74, 6) is -0.719. The smallest absolute Gasteiger partial charge is 0.241 e. The van der Waals surface area contributed by atoms with Crippen molar-refractivity contribution in [2.45, 2.75) is 18.9 Å². The molecule has 1 saturated heterocycles. The summed E-state index contributed by atoms with van der Waals surface area (Å²) in [5.41, 5.74) is 0.697. The summed E-state index contributed by atoms with van der Waals surface area (Å²) in [4.78, 5) is 12.0. The molecular weight excluding hydrogens is 263 g/mol. The molecule has 7 nitrogen and oxygen atoms in total. The van der Waals surface area contributed by atoms with Gasteiger partial charge in [0.15, 0.2) is 0 Å². The molecule has 2 heterocycles. The summed E-state index contributed by atoms with van der Waals surface area (Å²) in [6.45, 7) is 0.811. The third kappa shape index (κ3) is 2.50. The molecular formula is C12H13FN6O. The highest BCUT2D eigenvalue weighted by Crippen LogP contribution is 2.19. The number of hydrogen-bond acceptors (Lipinski definition) is 5. The van der Waals surface area contributed by atoms with E-state index in [9.17, 15) is 9.18 Å². The summed E-state index contributed by atoms with van der Waals surface area (Å²) in [7, 11) is 0. The van der Waals surface area contributed by atoms with E-state index in [1.807, 2.05) is 0 Å². The predicted molar refractivity (Wildman–Crippen MR) is 68.8 cm³/mol. The number of nitrogens with zero attached hydrogens (tertiary/aromatic N) is 4. The molecule has 1 amide bonds. The lowest BCUT2D eigenvalue weighted by molar-refractivity contribution is -0.117. The van der Waals surface area contributed by atoms with Crippen LogP contribution >= 0.6 is 0 Å². The zero-order valence-corrected chi connectivity index (χ0v) is 10.6. The van der Waals surface area contributed by atoms with Crippen LogP contribution in [0.5, 0.6) is 0 Å². The van der Waals surface area contributed by atoms with Crippen LogP contribution in [0.3, 0.4) is 0 Å². The Morgan fingerprint density at radius 1 is 1.50 bits per heavy atom. The summed E-state index contributed by atoms with van der Waals surface area (Å²) in [5, 5.41) is 16.4.